The summed E-state index contributed by atoms with van der Waals surface area (Å²) >= 11 is 0. The molecule has 2 aliphatic rings. The van der Waals surface area contributed by atoms with Crippen LogP contribution in [0.15, 0.2) is 159 Å². The lowest BCUT2D eigenvalue weighted by Gasteiger charge is -2.34. The Labute approximate surface area is 492 Å². The number of carbonyl (C=O) groups is 7. The van der Waals surface area contributed by atoms with Gasteiger partial charge in [-0.25, -0.2) is 24.1 Å². The standard InChI is InChI=1S/C31H25F3N6O4.C31H26N6O6/c1-44-24-18-36-28(40-11-10-23(37-40)20-8-5-9-21(16-20)31(32,33)34)26-25(24)22(17-35-26)27(41)30(43)39-14-12-38(13-15-39)29(42)19-6-3-2-4-7-19;1-43-24-18-33-28(37-11-10-23(34-37)20-8-5-9-21(16-20)31(41)42)26-25(24)22(17-32-26)27(38)30(40)36-14-12-35(13-15-36)29(39)19-6-3-2-4-7-19/h2-11,16-18,35H,12-15H2,1H3;2-11,16-18,32H,12-15H2,1H3,(H,41,42). The number of alkyl halides is 3. The molecule has 6 aromatic heterocycles. The number of pyridine rings is 2. The summed E-state index contributed by atoms with van der Waals surface area (Å²) in [5, 5.41) is 19.0. The molecule has 12 rings (SSSR count). The van der Waals surface area contributed by atoms with E-state index in [1.807, 2.05) is 12.1 Å². The Morgan fingerprint density at radius 3 is 1.32 bits per heavy atom. The highest BCUT2D eigenvalue weighted by Gasteiger charge is 2.35. The van der Waals surface area contributed by atoms with E-state index in [-0.39, 0.29) is 90.6 Å². The number of Topliss-reactive ketones (excluding diaryl/α,β-unsaturated/α-hetero) is 2. The fourth-order valence-electron chi connectivity index (χ4n) is 10.4. The summed E-state index contributed by atoms with van der Waals surface area (Å²) in [6, 6.07) is 32.3. The van der Waals surface area contributed by atoms with Crippen molar-refractivity contribution in [3.05, 3.63) is 192 Å². The Morgan fingerprint density at radius 1 is 0.506 bits per heavy atom. The molecule has 440 valence electrons. The smallest absolute Gasteiger partial charge is 0.416 e. The third-order valence-electron chi connectivity index (χ3n) is 14.9. The Morgan fingerprint density at radius 2 is 0.908 bits per heavy atom. The van der Waals surface area contributed by atoms with Crippen LogP contribution in [0.3, 0.4) is 0 Å². The van der Waals surface area contributed by atoms with Gasteiger partial charge >= 0.3 is 12.1 Å². The molecule has 4 aromatic carbocycles. The predicted molar refractivity (Wildman–Crippen MR) is 309 cm³/mol. The Kier molecular flexibility index (Phi) is 16.0. The molecule has 22 nitrogen and oxygen atoms in total. The van der Waals surface area contributed by atoms with Gasteiger partial charge in [0.1, 0.15) is 11.5 Å². The quantitative estimate of drug-likeness (QED) is 0.0732. The average Bonchev–Trinajstić information content (AvgIpc) is 2.15. The minimum atomic E-state index is -4.50. The van der Waals surface area contributed by atoms with E-state index < -0.39 is 41.1 Å². The number of rotatable bonds is 13. The average molecular weight is 1180 g/mol. The van der Waals surface area contributed by atoms with Crippen LogP contribution in [-0.4, -0.2) is 172 Å². The Hall–Kier alpha value is -11.2. The number of piperazine rings is 2. The van der Waals surface area contributed by atoms with E-state index >= 15 is 0 Å². The lowest BCUT2D eigenvalue weighted by Crippen LogP contribution is -2.52. The third-order valence-corrected chi connectivity index (χ3v) is 14.9. The van der Waals surface area contributed by atoms with Crippen molar-refractivity contribution in [1.82, 2.24) is 59.1 Å². The van der Waals surface area contributed by atoms with Crippen LogP contribution in [0.2, 0.25) is 0 Å². The molecular formula is C62H51F3N12O10. The number of aromatic amines is 2. The monoisotopic (exact) mass is 1180 g/mol. The zero-order valence-electron chi connectivity index (χ0n) is 46.4. The first-order chi connectivity index (χ1) is 42.0. The third kappa shape index (κ3) is 11.6. The van der Waals surface area contributed by atoms with Gasteiger partial charge < -0.3 is 44.1 Å². The number of fused-ring (bicyclic) bond motifs is 2. The summed E-state index contributed by atoms with van der Waals surface area (Å²) in [6.07, 6.45) is 4.38. The van der Waals surface area contributed by atoms with Crippen molar-refractivity contribution in [3.8, 4) is 45.6 Å². The molecule has 8 heterocycles. The van der Waals surface area contributed by atoms with E-state index in [1.54, 1.807) is 88.8 Å². The maximum absolute atomic E-state index is 13.5. The van der Waals surface area contributed by atoms with E-state index in [1.165, 1.54) is 88.6 Å². The number of hydrogen-bond acceptors (Lipinski definition) is 13. The summed E-state index contributed by atoms with van der Waals surface area (Å²) in [5.74, 6) is -3.01. The van der Waals surface area contributed by atoms with Crippen LogP contribution in [0.5, 0.6) is 11.5 Å². The maximum atomic E-state index is 13.5. The SMILES string of the molecule is COc1cnc(-n2ccc(-c3cccc(C(=O)O)c3)n2)c2[nH]cc(C(=O)C(=O)N3CCN(C(=O)c4ccccc4)CC3)c12.COc1cnc(-n2ccc(-c3cccc(C(F)(F)F)c3)n2)c2[nH]cc(C(=O)C(=O)N3CCN(C(=O)c4ccccc4)CC3)c12. The fourth-order valence-corrected chi connectivity index (χ4v) is 10.4. The van der Waals surface area contributed by atoms with Crippen molar-refractivity contribution in [2.24, 2.45) is 0 Å². The molecule has 0 bridgehead atoms. The maximum Gasteiger partial charge on any atom is 0.416 e. The highest BCUT2D eigenvalue weighted by atomic mass is 19.4. The van der Waals surface area contributed by atoms with Gasteiger partial charge in [-0.1, -0.05) is 60.7 Å². The number of ketones is 2. The number of amides is 4. The molecule has 10 aromatic rings. The largest absolute Gasteiger partial charge is 0.494 e. The first kappa shape index (κ1) is 57.6. The minimum absolute atomic E-state index is 0.0681. The van der Waals surface area contributed by atoms with Crippen molar-refractivity contribution in [2.75, 3.05) is 66.6 Å². The van der Waals surface area contributed by atoms with Gasteiger partial charge in [0.25, 0.3) is 35.2 Å². The number of nitrogens with zero attached hydrogens (tertiary/aromatic N) is 10. The van der Waals surface area contributed by atoms with Crippen molar-refractivity contribution < 1.29 is 61.3 Å². The van der Waals surface area contributed by atoms with E-state index in [9.17, 15) is 51.8 Å². The second kappa shape index (κ2) is 24.2. The Bertz CT molecular complexity index is 4290. The number of halogens is 3. The van der Waals surface area contributed by atoms with E-state index in [0.717, 1.165) is 12.1 Å². The summed E-state index contributed by atoms with van der Waals surface area (Å²) in [5.41, 5.74) is 3.13. The van der Waals surface area contributed by atoms with Crippen molar-refractivity contribution in [1.29, 1.82) is 0 Å². The summed E-state index contributed by atoms with van der Waals surface area (Å²) in [6.45, 7) is 2.05. The normalized spacial score (nSPS) is 13.5. The molecule has 2 aliphatic heterocycles. The fraction of sp³-hybridized carbons (Fsp3) is 0.177. The van der Waals surface area contributed by atoms with Gasteiger partial charge in [0.15, 0.2) is 11.6 Å². The first-order valence-electron chi connectivity index (χ1n) is 27.1. The Balaban J connectivity index is 0.000000180. The number of methoxy groups -OCH3 is 2. The second-order valence-electron chi connectivity index (χ2n) is 20.0. The van der Waals surface area contributed by atoms with E-state index in [4.69, 9.17) is 9.47 Å². The molecule has 2 fully saturated rings. The molecule has 0 saturated carbocycles. The summed E-state index contributed by atoms with van der Waals surface area (Å²) in [4.78, 5) is 112. The van der Waals surface area contributed by atoms with Gasteiger partial charge in [-0.2, -0.15) is 23.4 Å². The van der Waals surface area contributed by atoms with Gasteiger partial charge in [0, 0.05) is 99.4 Å². The molecule has 0 aliphatic carbocycles. The molecule has 0 unspecified atom stereocenters. The number of nitrogens with one attached hydrogen (secondary N) is 2. The molecule has 87 heavy (non-hydrogen) atoms. The van der Waals surface area contributed by atoms with Crippen molar-refractivity contribution in [3.63, 3.8) is 0 Å². The number of ether oxygens (including phenoxy) is 2. The van der Waals surface area contributed by atoms with Gasteiger partial charge in [-0.05, 0) is 60.7 Å². The number of H-pyrrole nitrogens is 2. The molecular weight excluding hydrogens is 1130 g/mol. The molecule has 4 amide bonds. The minimum Gasteiger partial charge on any atom is -0.494 e. The van der Waals surface area contributed by atoms with Crippen LogP contribution in [0.4, 0.5) is 13.2 Å². The number of carboxylic acid groups (broad SMARTS) is 1. The van der Waals surface area contributed by atoms with Crippen LogP contribution in [-0.2, 0) is 15.8 Å². The number of carboxylic acids is 1. The van der Waals surface area contributed by atoms with Crippen LogP contribution in [0, 0.1) is 0 Å². The van der Waals surface area contributed by atoms with Crippen LogP contribution >= 0.6 is 0 Å². The molecule has 0 atom stereocenters. The first-order valence-corrected chi connectivity index (χ1v) is 27.1. The van der Waals surface area contributed by atoms with Crippen LogP contribution in [0.1, 0.15) is 57.4 Å². The zero-order valence-corrected chi connectivity index (χ0v) is 46.4. The van der Waals surface area contributed by atoms with Crippen molar-refractivity contribution >= 4 is 63.0 Å². The highest BCUT2D eigenvalue weighted by molar-refractivity contribution is 6.46. The van der Waals surface area contributed by atoms with Gasteiger partial charge in [-0.3, -0.25) is 28.8 Å². The van der Waals surface area contributed by atoms with Gasteiger partial charge in [0.2, 0.25) is 0 Å². The number of benzene rings is 4. The van der Waals surface area contributed by atoms with Crippen molar-refractivity contribution in [2.45, 2.75) is 6.18 Å². The lowest BCUT2D eigenvalue weighted by atomic mass is 10.1. The van der Waals surface area contributed by atoms with E-state index in [0.29, 0.717) is 68.8 Å². The van der Waals surface area contributed by atoms with Gasteiger partial charge in [-0.15, -0.1) is 0 Å². The molecule has 0 radical (unpaired) electrons. The predicted octanol–water partition coefficient (Wildman–Crippen LogP) is 7.90. The summed E-state index contributed by atoms with van der Waals surface area (Å²) < 4.78 is 53.5. The number of aromatic carboxylic acids is 1. The molecule has 2 saturated heterocycles. The van der Waals surface area contributed by atoms with Crippen LogP contribution < -0.4 is 9.47 Å². The molecule has 3 N–H and O–H groups in total. The number of carbonyl (C=O) groups excluding carboxylic acids is 6. The second-order valence-corrected chi connectivity index (χ2v) is 20.0. The highest BCUT2D eigenvalue weighted by Crippen LogP contribution is 2.36. The summed E-state index contributed by atoms with van der Waals surface area (Å²) in [7, 11) is 2.85. The number of aromatic nitrogens is 8. The molecule has 0 spiro atoms. The van der Waals surface area contributed by atoms with Crippen LogP contribution in [0.25, 0.3) is 56.0 Å². The topological polar surface area (TPSA) is 264 Å². The van der Waals surface area contributed by atoms with E-state index in [2.05, 4.69) is 30.1 Å². The lowest BCUT2D eigenvalue weighted by molar-refractivity contribution is -0.137. The number of hydrogen-bond donors (Lipinski definition) is 3. The van der Waals surface area contributed by atoms with Gasteiger partial charge in [0.05, 0.1) is 82.1 Å². The zero-order chi connectivity index (χ0) is 61.1. The molecule has 25 heteroatoms.